The number of thiocarbonyl (C=S) groups is 1. The smallest absolute Gasteiger partial charge is 0.119 e. The molecule has 2 rings (SSSR count). The summed E-state index contributed by atoms with van der Waals surface area (Å²) in [5.74, 6) is 0.334. The summed E-state index contributed by atoms with van der Waals surface area (Å²) in [4.78, 5) is 3.03. The summed E-state index contributed by atoms with van der Waals surface area (Å²) >= 11 is 5.41. The molecule has 0 saturated carbocycles. The predicted molar refractivity (Wildman–Crippen MR) is 71.5 cm³/mol. The second-order valence-corrected chi connectivity index (χ2v) is 4.77. The third kappa shape index (κ3) is 3.17. The lowest BCUT2D eigenvalue weighted by molar-refractivity contribution is 0.0684. The Morgan fingerprint density at radius 3 is 2.76 bits per heavy atom. The van der Waals surface area contributed by atoms with E-state index >= 15 is 0 Å². The Kier molecular flexibility index (Phi) is 3.97. The molecule has 0 spiro atoms. The Morgan fingerprint density at radius 1 is 1.41 bits per heavy atom. The van der Waals surface area contributed by atoms with E-state index in [4.69, 9.17) is 17.0 Å². The highest BCUT2D eigenvalue weighted by Crippen LogP contribution is 2.20. The topological polar surface area (TPSA) is 32.7 Å². The third-order valence-electron chi connectivity index (χ3n) is 2.95. The highest BCUT2D eigenvalue weighted by Gasteiger charge is 2.15. The molecule has 0 aromatic heterocycles. The highest BCUT2D eigenvalue weighted by molar-refractivity contribution is 7.80. The average Bonchev–Trinajstić information content (AvgIpc) is 2.34. The molecular weight excluding hydrogens is 234 g/mol. The largest absolute Gasteiger partial charge is 0.508 e. The minimum atomic E-state index is 0.334. The van der Waals surface area contributed by atoms with Gasteiger partial charge in [0, 0.05) is 25.1 Å². The van der Waals surface area contributed by atoms with Crippen LogP contribution in [0.5, 0.6) is 5.75 Å². The summed E-state index contributed by atoms with van der Waals surface area (Å²) in [6.07, 6.45) is 0.626. The average molecular weight is 251 g/mol. The monoisotopic (exact) mass is 251 g/mol. The lowest BCUT2D eigenvalue weighted by atomic mass is 10.1. The van der Waals surface area contributed by atoms with Gasteiger partial charge < -0.3 is 14.7 Å². The van der Waals surface area contributed by atoms with Gasteiger partial charge in [-0.3, -0.25) is 0 Å². The molecule has 3 nitrogen and oxygen atoms in total. The van der Waals surface area contributed by atoms with Gasteiger partial charge in [-0.1, -0.05) is 24.4 Å². The molecule has 17 heavy (non-hydrogen) atoms. The number of rotatable bonds is 2. The number of hydrogen-bond donors (Lipinski definition) is 1. The predicted octanol–water partition coefficient (Wildman–Crippen LogP) is 1.90. The summed E-state index contributed by atoms with van der Waals surface area (Å²) in [6, 6.07) is 5.71. The molecule has 0 bridgehead atoms. The first-order valence-electron chi connectivity index (χ1n) is 5.81. The first-order valence-corrected chi connectivity index (χ1v) is 6.21. The maximum Gasteiger partial charge on any atom is 0.119 e. The molecule has 1 aromatic carbocycles. The van der Waals surface area contributed by atoms with E-state index in [1.807, 2.05) is 19.1 Å². The van der Waals surface area contributed by atoms with Crippen LogP contribution in [0.1, 0.15) is 11.1 Å². The van der Waals surface area contributed by atoms with E-state index in [9.17, 15) is 5.11 Å². The van der Waals surface area contributed by atoms with Crippen molar-refractivity contribution in [3.63, 3.8) is 0 Å². The molecule has 1 aliphatic heterocycles. The van der Waals surface area contributed by atoms with Crippen LogP contribution >= 0.6 is 12.2 Å². The summed E-state index contributed by atoms with van der Waals surface area (Å²) in [5, 5.41) is 9.84. The first-order chi connectivity index (χ1) is 8.16. The number of aryl methyl sites for hydroxylation is 1. The molecule has 0 atom stereocenters. The van der Waals surface area contributed by atoms with Crippen molar-refractivity contribution in [3.05, 3.63) is 29.3 Å². The van der Waals surface area contributed by atoms with Gasteiger partial charge in [-0.15, -0.1) is 0 Å². The number of benzene rings is 1. The molecule has 1 N–H and O–H groups in total. The normalized spacial score (nSPS) is 15.9. The zero-order valence-corrected chi connectivity index (χ0v) is 10.8. The summed E-state index contributed by atoms with van der Waals surface area (Å²) in [6.45, 7) is 5.14. The molecule has 4 heteroatoms. The molecule has 92 valence electrons. The van der Waals surface area contributed by atoms with Crippen LogP contribution in [-0.4, -0.2) is 41.3 Å². The Morgan fingerprint density at radius 2 is 2.12 bits per heavy atom. The number of nitrogens with zero attached hydrogens (tertiary/aromatic N) is 1. The number of hydrogen-bond acceptors (Lipinski definition) is 3. The van der Waals surface area contributed by atoms with Crippen molar-refractivity contribution in [1.82, 2.24) is 4.90 Å². The molecule has 1 aromatic rings. The minimum absolute atomic E-state index is 0.334. The zero-order valence-electron chi connectivity index (χ0n) is 9.98. The van der Waals surface area contributed by atoms with Crippen LogP contribution in [0.2, 0.25) is 0 Å². The minimum Gasteiger partial charge on any atom is -0.508 e. The molecule has 1 fully saturated rings. The molecule has 0 aliphatic carbocycles. The van der Waals surface area contributed by atoms with Gasteiger partial charge in [0.1, 0.15) is 5.75 Å². The van der Waals surface area contributed by atoms with E-state index in [0.29, 0.717) is 12.2 Å². The standard InChI is InChI=1S/C13H17NO2S/c1-10-2-3-11(12(15)8-10)9-13(17)14-4-6-16-7-5-14/h2-3,8,15H,4-7,9H2,1H3. The molecule has 0 unspecified atom stereocenters. The maximum absolute atomic E-state index is 9.84. The van der Waals surface area contributed by atoms with Crippen molar-refractivity contribution in [2.24, 2.45) is 0 Å². The Labute approximate surface area is 107 Å². The van der Waals surface area contributed by atoms with Crippen molar-refractivity contribution in [1.29, 1.82) is 0 Å². The van der Waals surface area contributed by atoms with E-state index < -0.39 is 0 Å². The lowest BCUT2D eigenvalue weighted by Crippen LogP contribution is -2.40. The Bertz CT molecular complexity index is 414. The Balaban J connectivity index is 2.02. The molecule has 1 saturated heterocycles. The number of ether oxygens (including phenoxy) is 1. The van der Waals surface area contributed by atoms with Crippen LogP contribution < -0.4 is 0 Å². The van der Waals surface area contributed by atoms with E-state index in [1.54, 1.807) is 6.07 Å². The van der Waals surface area contributed by atoms with Crippen molar-refractivity contribution >= 4 is 17.2 Å². The van der Waals surface area contributed by atoms with E-state index in [0.717, 1.165) is 42.4 Å². The number of phenolic OH excluding ortho intramolecular Hbond substituents is 1. The van der Waals surface area contributed by atoms with Crippen LogP contribution in [0.3, 0.4) is 0 Å². The van der Waals surface area contributed by atoms with Gasteiger partial charge in [0.2, 0.25) is 0 Å². The molecule has 1 aliphatic rings. The fourth-order valence-electron chi connectivity index (χ4n) is 1.91. The van der Waals surface area contributed by atoms with Crippen molar-refractivity contribution in [3.8, 4) is 5.75 Å². The number of aromatic hydroxyl groups is 1. The fourth-order valence-corrected chi connectivity index (χ4v) is 2.25. The zero-order chi connectivity index (χ0) is 12.3. The lowest BCUT2D eigenvalue weighted by Gasteiger charge is -2.29. The Hall–Kier alpha value is -1.13. The van der Waals surface area contributed by atoms with Gasteiger partial charge in [0.05, 0.1) is 18.2 Å². The van der Waals surface area contributed by atoms with E-state index in [1.165, 1.54) is 0 Å². The van der Waals surface area contributed by atoms with Crippen LogP contribution in [0.15, 0.2) is 18.2 Å². The van der Waals surface area contributed by atoms with Crippen molar-refractivity contribution < 1.29 is 9.84 Å². The van der Waals surface area contributed by atoms with Gasteiger partial charge in [-0.2, -0.15) is 0 Å². The quantitative estimate of drug-likeness (QED) is 0.814. The van der Waals surface area contributed by atoms with E-state index in [2.05, 4.69) is 4.90 Å². The fraction of sp³-hybridized carbons (Fsp3) is 0.462. The van der Waals surface area contributed by atoms with Gasteiger partial charge in [-0.25, -0.2) is 0 Å². The van der Waals surface area contributed by atoms with Crippen molar-refractivity contribution in [2.45, 2.75) is 13.3 Å². The number of phenols is 1. The second kappa shape index (κ2) is 5.47. The third-order valence-corrected chi connectivity index (χ3v) is 3.35. The highest BCUT2D eigenvalue weighted by atomic mass is 32.1. The van der Waals surface area contributed by atoms with Gasteiger partial charge in [0.15, 0.2) is 0 Å². The second-order valence-electron chi connectivity index (χ2n) is 4.30. The van der Waals surface area contributed by atoms with Crippen LogP contribution in [-0.2, 0) is 11.2 Å². The number of morpholine rings is 1. The SMILES string of the molecule is Cc1ccc(CC(=S)N2CCOCC2)c(O)c1. The first kappa shape index (κ1) is 12.3. The van der Waals surface area contributed by atoms with E-state index in [-0.39, 0.29) is 0 Å². The van der Waals surface area contributed by atoms with Gasteiger partial charge >= 0.3 is 0 Å². The van der Waals surface area contributed by atoms with Crippen LogP contribution in [0, 0.1) is 6.92 Å². The summed E-state index contributed by atoms with van der Waals surface area (Å²) in [5.41, 5.74) is 1.95. The summed E-state index contributed by atoms with van der Waals surface area (Å²) in [7, 11) is 0. The van der Waals surface area contributed by atoms with Crippen molar-refractivity contribution in [2.75, 3.05) is 26.3 Å². The van der Waals surface area contributed by atoms with Gasteiger partial charge in [0.25, 0.3) is 0 Å². The molecular formula is C13H17NO2S. The van der Waals surface area contributed by atoms with Gasteiger partial charge in [-0.05, 0) is 18.6 Å². The molecule has 1 heterocycles. The summed E-state index contributed by atoms with van der Waals surface area (Å²) < 4.78 is 5.29. The molecule has 0 amide bonds. The van der Waals surface area contributed by atoms with Crippen LogP contribution in [0.4, 0.5) is 0 Å². The van der Waals surface area contributed by atoms with Crippen LogP contribution in [0.25, 0.3) is 0 Å². The molecule has 0 radical (unpaired) electrons. The maximum atomic E-state index is 9.84.